The maximum Gasteiger partial charge on any atom is -0.00204 e. The molecule has 0 saturated heterocycles. The van der Waals surface area contributed by atoms with Gasteiger partial charge >= 0.3 is 0 Å². The largest absolute Gasteiger partial charge is 0.0616 e. The van der Waals surface area contributed by atoms with Crippen molar-refractivity contribution in [2.75, 3.05) is 0 Å². The van der Waals surface area contributed by atoms with Gasteiger partial charge in [0.2, 0.25) is 0 Å². The Bertz CT molecular complexity index is 1070. The van der Waals surface area contributed by atoms with E-state index in [-0.39, 0.29) is 0 Å². The van der Waals surface area contributed by atoms with Crippen molar-refractivity contribution in [3.63, 3.8) is 0 Å². The average Bonchev–Trinajstić information content (AvgIpc) is 2.52. The molecule has 0 aliphatic heterocycles. The van der Waals surface area contributed by atoms with Crippen LogP contribution in [-0.4, -0.2) is 0 Å². The van der Waals surface area contributed by atoms with Gasteiger partial charge in [0.1, 0.15) is 0 Å². The van der Waals surface area contributed by atoms with Gasteiger partial charge in [-0.25, -0.2) is 0 Å². The SMILES string of the molecule is c1ccc2c(c1)[13cH][13c]1[13cH][13cH]c3cccc4ccc2c1c43. The Labute approximate surface area is 116 Å². The van der Waals surface area contributed by atoms with Crippen LogP contribution in [0.3, 0.4) is 0 Å². The topological polar surface area (TPSA) is 0 Å². The molecule has 0 aromatic heterocycles. The molecule has 20 heavy (non-hydrogen) atoms. The van der Waals surface area contributed by atoms with Crippen molar-refractivity contribution < 1.29 is 0 Å². The Balaban J connectivity index is 2.23. The molecule has 0 heterocycles. The van der Waals surface area contributed by atoms with E-state index >= 15 is 0 Å². The molecular formula is C20H12. The van der Waals surface area contributed by atoms with Gasteiger partial charge < -0.3 is 0 Å². The lowest BCUT2D eigenvalue weighted by atomic mass is 10.00. The Hall–Kier alpha value is -2.60. The second kappa shape index (κ2) is 3.49. The minimum Gasteiger partial charge on any atom is -0.0616 e. The number of rotatable bonds is 0. The van der Waals surface area contributed by atoms with Gasteiger partial charge in [-0.2, -0.15) is 0 Å². The van der Waals surface area contributed by atoms with Crippen molar-refractivity contribution in [2.45, 2.75) is 0 Å². The molecule has 0 nitrogen and oxygen atoms in total. The van der Waals surface area contributed by atoms with Crippen LogP contribution < -0.4 is 0 Å². The number of hydrogen-bond acceptors (Lipinski definition) is 0. The summed E-state index contributed by atoms with van der Waals surface area (Å²) in [4.78, 5) is 0. The monoisotopic (exact) mass is 256 g/mol. The molecule has 0 fully saturated rings. The van der Waals surface area contributed by atoms with E-state index in [0.717, 1.165) is 0 Å². The van der Waals surface area contributed by atoms with Gasteiger partial charge in [0.15, 0.2) is 0 Å². The van der Waals surface area contributed by atoms with E-state index in [1.54, 1.807) is 0 Å². The van der Waals surface area contributed by atoms with Crippen molar-refractivity contribution in [1.82, 2.24) is 0 Å². The summed E-state index contributed by atoms with van der Waals surface area (Å²) in [6.07, 6.45) is 0. The quantitative estimate of drug-likeness (QED) is 0.245. The predicted octanol–water partition coefficient (Wildman–Crippen LogP) is 5.74. The summed E-state index contributed by atoms with van der Waals surface area (Å²) < 4.78 is 0. The zero-order chi connectivity index (χ0) is 13.1. The minimum atomic E-state index is 1.32. The highest BCUT2D eigenvalue weighted by molar-refractivity contribution is 6.28. The number of benzene rings is 5. The van der Waals surface area contributed by atoms with E-state index in [4.69, 9.17) is 0 Å². The second-order valence-corrected chi connectivity index (χ2v) is 5.45. The van der Waals surface area contributed by atoms with Crippen LogP contribution in [0.2, 0.25) is 0 Å². The molecule has 0 atom stereocenters. The van der Waals surface area contributed by atoms with Crippen LogP contribution in [0, 0.1) is 0 Å². The lowest BCUT2D eigenvalue weighted by Gasteiger charge is -2.12. The zero-order valence-corrected chi connectivity index (χ0v) is 10.9. The minimum absolute atomic E-state index is 1.32. The van der Waals surface area contributed by atoms with Crippen molar-refractivity contribution in [3.05, 3.63) is 72.8 Å². The van der Waals surface area contributed by atoms with E-state index < -0.39 is 0 Å². The van der Waals surface area contributed by atoms with Gasteiger partial charge in [-0.1, -0.05) is 66.7 Å². The molecule has 0 aliphatic carbocycles. The Morgan fingerprint density at radius 2 is 1.10 bits per heavy atom. The highest BCUT2D eigenvalue weighted by Gasteiger charge is 2.09. The number of fused-ring (bicyclic) bond motifs is 2. The summed E-state index contributed by atoms with van der Waals surface area (Å²) in [5.41, 5.74) is 0. The third kappa shape index (κ3) is 1.16. The van der Waals surface area contributed by atoms with Gasteiger partial charge in [0.25, 0.3) is 0 Å². The van der Waals surface area contributed by atoms with Gasteiger partial charge in [-0.15, -0.1) is 0 Å². The van der Waals surface area contributed by atoms with E-state index in [2.05, 4.69) is 72.8 Å². The molecule has 0 heteroatoms. The first-order valence-corrected chi connectivity index (χ1v) is 6.97. The normalized spacial score (nSPS) is 12.0. The first-order chi connectivity index (χ1) is 9.92. The molecule has 0 bridgehead atoms. The van der Waals surface area contributed by atoms with E-state index in [1.807, 2.05) is 0 Å². The lowest BCUT2D eigenvalue weighted by Crippen LogP contribution is -1.85. The third-order valence-electron chi connectivity index (χ3n) is 4.37. The summed E-state index contributed by atoms with van der Waals surface area (Å²) >= 11 is 0. The van der Waals surface area contributed by atoms with Gasteiger partial charge in [-0.05, 0) is 49.2 Å². The van der Waals surface area contributed by atoms with E-state index in [0.29, 0.717) is 0 Å². The fraction of sp³-hybridized carbons (Fsp3) is 0. The van der Waals surface area contributed by atoms with Crippen LogP contribution in [0.4, 0.5) is 0 Å². The van der Waals surface area contributed by atoms with Crippen LogP contribution >= 0.6 is 0 Å². The molecule has 0 spiro atoms. The van der Waals surface area contributed by atoms with Crippen molar-refractivity contribution in [2.24, 2.45) is 0 Å². The van der Waals surface area contributed by atoms with Crippen molar-refractivity contribution >= 4 is 43.1 Å². The zero-order valence-electron chi connectivity index (χ0n) is 10.9. The van der Waals surface area contributed by atoms with Crippen LogP contribution in [0.25, 0.3) is 43.1 Å². The Morgan fingerprint density at radius 3 is 2.00 bits per heavy atom. The highest BCUT2D eigenvalue weighted by atomic mass is 14.6. The van der Waals surface area contributed by atoms with E-state index in [9.17, 15) is 0 Å². The Morgan fingerprint density at radius 1 is 0.400 bits per heavy atom. The van der Waals surface area contributed by atoms with Crippen LogP contribution in [0.15, 0.2) is 72.8 Å². The summed E-state index contributed by atoms with van der Waals surface area (Å²) in [7, 11) is 0. The highest BCUT2D eigenvalue weighted by Crippen LogP contribution is 2.38. The van der Waals surface area contributed by atoms with Crippen LogP contribution in [-0.2, 0) is 0 Å². The average molecular weight is 256 g/mol. The fourth-order valence-electron chi connectivity index (χ4n) is 3.49. The summed E-state index contributed by atoms with van der Waals surface area (Å²) in [6.45, 7) is 0. The second-order valence-electron chi connectivity index (χ2n) is 5.45. The summed E-state index contributed by atoms with van der Waals surface area (Å²) in [5, 5.41) is 10.8. The van der Waals surface area contributed by atoms with Gasteiger partial charge in [0.05, 0.1) is 0 Å². The van der Waals surface area contributed by atoms with E-state index in [1.165, 1.54) is 43.1 Å². The fourth-order valence-corrected chi connectivity index (χ4v) is 3.49. The molecule has 5 aromatic rings. The maximum atomic E-state index is 2.31. The molecule has 0 N–H and O–H groups in total. The molecule has 0 saturated carbocycles. The molecule has 0 aliphatic rings. The summed E-state index contributed by atoms with van der Waals surface area (Å²) in [6, 6.07) is 26.5. The first-order valence-electron chi connectivity index (χ1n) is 6.97. The Kier molecular flexibility index (Phi) is 1.78. The molecule has 5 aromatic carbocycles. The van der Waals surface area contributed by atoms with Crippen molar-refractivity contribution in [1.29, 1.82) is 0 Å². The number of hydrogen-bond donors (Lipinski definition) is 0. The molecule has 0 radical (unpaired) electrons. The maximum absolute atomic E-state index is 2.31. The lowest BCUT2D eigenvalue weighted by molar-refractivity contribution is 1.78. The predicted molar refractivity (Wildman–Crippen MR) is 87.7 cm³/mol. The first kappa shape index (κ1) is 10.2. The van der Waals surface area contributed by atoms with Gasteiger partial charge in [0, 0.05) is 0 Å². The third-order valence-corrected chi connectivity index (χ3v) is 4.37. The summed E-state index contributed by atoms with van der Waals surface area (Å²) in [5.74, 6) is 0. The van der Waals surface area contributed by atoms with Crippen LogP contribution in [0.5, 0.6) is 0 Å². The smallest absolute Gasteiger partial charge is 0.00204 e. The van der Waals surface area contributed by atoms with Crippen molar-refractivity contribution in [3.8, 4) is 0 Å². The molecular weight excluding hydrogens is 244 g/mol. The molecule has 5 rings (SSSR count). The molecule has 0 amide bonds. The molecule has 0 unspecified atom stereocenters. The molecule has 92 valence electrons. The van der Waals surface area contributed by atoms with Gasteiger partial charge in [-0.3, -0.25) is 0 Å². The standard InChI is InChI=1S/C20H12/c1-2-7-17-15(4-1)12-16-9-8-13-5-3-6-14-10-11-18(17)20(16)19(13)14/h1-12H/i8+1,9+1,12+1,16+1. The van der Waals surface area contributed by atoms with Crippen LogP contribution in [0.1, 0.15) is 0 Å².